The molecular weight excluding hydrogens is 270 g/mol. The van der Waals surface area contributed by atoms with Crippen LogP contribution in [0.5, 0.6) is 0 Å². The zero-order valence-corrected chi connectivity index (χ0v) is 13.4. The molecule has 0 aromatic carbocycles. The summed E-state index contributed by atoms with van der Waals surface area (Å²) in [4.78, 5) is 18.7. The van der Waals surface area contributed by atoms with E-state index >= 15 is 0 Å². The second-order valence-electron chi connectivity index (χ2n) is 6.23. The van der Waals surface area contributed by atoms with E-state index in [0.29, 0.717) is 18.8 Å². The van der Waals surface area contributed by atoms with Crippen molar-refractivity contribution in [3.05, 3.63) is 22.7 Å². The Kier molecular flexibility index (Phi) is 5.34. The van der Waals surface area contributed by atoms with E-state index in [4.69, 9.17) is 10.9 Å². The average molecular weight is 295 g/mol. The fraction of sp³-hybridized carbons (Fsp3) is 0.643. The molecule has 0 bridgehead atoms. The molecule has 3 N–H and O–H groups in total. The number of rotatable bonds is 5. The largest absolute Gasteiger partial charge is 0.409 e. The van der Waals surface area contributed by atoms with Crippen LogP contribution in [-0.2, 0) is 5.54 Å². The van der Waals surface area contributed by atoms with Crippen molar-refractivity contribution in [3.8, 4) is 0 Å². The molecule has 0 aliphatic carbocycles. The van der Waals surface area contributed by atoms with Gasteiger partial charge >= 0.3 is 0 Å². The summed E-state index contributed by atoms with van der Waals surface area (Å²) in [6.07, 6.45) is 3.68. The smallest absolute Gasteiger partial charge is 0.293 e. The Balaban J connectivity index is 3.18. The van der Waals surface area contributed by atoms with E-state index in [9.17, 15) is 4.79 Å². The van der Waals surface area contributed by atoms with Gasteiger partial charge in [-0.15, -0.1) is 0 Å². The van der Waals surface area contributed by atoms with Crippen LogP contribution in [0.4, 0.5) is 5.82 Å². The molecule has 7 nitrogen and oxygen atoms in total. The monoisotopic (exact) mass is 295 g/mol. The third kappa shape index (κ3) is 4.21. The van der Waals surface area contributed by atoms with E-state index in [1.54, 1.807) is 17.0 Å². The van der Waals surface area contributed by atoms with Gasteiger partial charge in [-0.25, -0.2) is 4.98 Å². The number of aromatic nitrogens is 2. The van der Waals surface area contributed by atoms with E-state index in [1.807, 2.05) is 39.5 Å². The first-order valence-electron chi connectivity index (χ1n) is 6.99. The molecule has 0 aliphatic rings. The van der Waals surface area contributed by atoms with Crippen molar-refractivity contribution in [1.29, 1.82) is 0 Å². The van der Waals surface area contributed by atoms with Crippen LogP contribution in [0.25, 0.3) is 0 Å². The molecule has 21 heavy (non-hydrogen) atoms. The fourth-order valence-corrected chi connectivity index (χ4v) is 2.02. The molecule has 0 aliphatic heterocycles. The van der Waals surface area contributed by atoms with Crippen LogP contribution in [0.2, 0.25) is 0 Å². The van der Waals surface area contributed by atoms with Crippen molar-refractivity contribution >= 4 is 11.7 Å². The third-order valence-electron chi connectivity index (χ3n) is 3.18. The maximum atomic E-state index is 12.6. The highest BCUT2D eigenvalue weighted by Gasteiger charge is 2.21. The van der Waals surface area contributed by atoms with Crippen molar-refractivity contribution < 1.29 is 5.21 Å². The Labute approximate surface area is 125 Å². The van der Waals surface area contributed by atoms with E-state index < -0.39 is 0 Å². The number of nitrogens with two attached hydrogens (primary N) is 1. The molecule has 0 atom stereocenters. The van der Waals surface area contributed by atoms with E-state index in [-0.39, 0.29) is 23.0 Å². The number of anilines is 1. The van der Waals surface area contributed by atoms with E-state index in [2.05, 4.69) is 10.1 Å². The summed E-state index contributed by atoms with van der Waals surface area (Å²) in [7, 11) is 0. The lowest BCUT2D eigenvalue weighted by Gasteiger charge is -2.29. The topological polar surface area (TPSA) is 96.7 Å². The van der Waals surface area contributed by atoms with Crippen molar-refractivity contribution in [2.75, 3.05) is 11.4 Å². The molecule has 7 heteroatoms. The first-order chi connectivity index (χ1) is 9.68. The lowest BCUT2D eigenvalue weighted by atomic mass is 10.1. The fourth-order valence-electron chi connectivity index (χ4n) is 2.02. The Bertz CT molecular complexity index is 557. The predicted molar refractivity (Wildman–Crippen MR) is 84.0 cm³/mol. The Hall–Kier alpha value is -2.05. The molecular formula is C14H25N5O2. The van der Waals surface area contributed by atoms with Crippen LogP contribution in [0.15, 0.2) is 22.3 Å². The Morgan fingerprint density at radius 2 is 2.14 bits per heavy atom. The number of hydrogen-bond acceptors (Lipinski definition) is 5. The minimum Gasteiger partial charge on any atom is -0.409 e. The van der Waals surface area contributed by atoms with Gasteiger partial charge in [0, 0.05) is 36.9 Å². The van der Waals surface area contributed by atoms with E-state index in [0.717, 1.165) is 0 Å². The van der Waals surface area contributed by atoms with Crippen molar-refractivity contribution in [2.24, 2.45) is 10.9 Å². The molecule has 0 fully saturated rings. The zero-order chi connectivity index (χ0) is 16.2. The van der Waals surface area contributed by atoms with Crippen LogP contribution < -0.4 is 16.2 Å². The molecule has 118 valence electrons. The van der Waals surface area contributed by atoms with Crippen molar-refractivity contribution in [3.63, 3.8) is 0 Å². The predicted octanol–water partition coefficient (Wildman–Crippen LogP) is 1.35. The molecule has 0 saturated carbocycles. The summed E-state index contributed by atoms with van der Waals surface area (Å²) in [5.74, 6) is 0.515. The van der Waals surface area contributed by atoms with Gasteiger partial charge in [0.2, 0.25) is 0 Å². The molecule has 1 aromatic heterocycles. The molecule has 0 saturated heterocycles. The van der Waals surface area contributed by atoms with Gasteiger partial charge in [-0.1, -0.05) is 5.16 Å². The summed E-state index contributed by atoms with van der Waals surface area (Å²) in [5.41, 5.74) is 5.05. The number of nitrogens with zero attached hydrogens (tertiary/aromatic N) is 4. The maximum Gasteiger partial charge on any atom is 0.293 e. The molecule has 0 unspecified atom stereocenters. The quantitative estimate of drug-likeness (QED) is 0.370. The second kappa shape index (κ2) is 6.60. The molecule has 1 heterocycles. The van der Waals surface area contributed by atoms with Gasteiger partial charge in [-0.05, 0) is 34.6 Å². The standard InChI is InChI=1S/C14H25N5O2/c1-10(2)18(8-6-11(15)17-21)12-13(20)19(9-7-16-12)14(3,4)5/h7,9-10,21H,6,8H2,1-5H3,(H2,15,17). The molecule has 1 rings (SSSR count). The third-order valence-corrected chi connectivity index (χ3v) is 3.18. The lowest BCUT2D eigenvalue weighted by Crippen LogP contribution is -2.42. The minimum atomic E-state index is -0.316. The summed E-state index contributed by atoms with van der Waals surface area (Å²) in [5, 5.41) is 11.6. The lowest BCUT2D eigenvalue weighted by molar-refractivity contribution is 0.317. The van der Waals surface area contributed by atoms with Crippen LogP contribution in [0.3, 0.4) is 0 Å². The maximum absolute atomic E-state index is 12.6. The van der Waals surface area contributed by atoms with Gasteiger partial charge in [0.1, 0.15) is 5.84 Å². The van der Waals surface area contributed by atoms with Gasteiger partial charge in [0.25, 0.3) is 5.56 Å². The van der Waals surface area contributed by atoms with Crippen LogP contribution in [-0.4, -0.2) is 33.2 Å². The van der Waals surface area contributed by atoms with Gasteiger partial charge in [0.05, 0.1) is 0 Å². The van der Waals surface area contributed by atoms with Crippen LogP contribution in [0.1, 0.15) is 41.0 Å². The van der Waals surface area contributed by atoms with Gasteiger partial charge < -0.3 is 20.4 Å². The van der Waals surface area contributed by atoms with Crippen molar-refractivity contribution in [2.45, 2.75) is 52.6 Å². The molecule has 1 aromatic rings. The molecule has 0 radical (unpaired) electrons. The highest BCUT2D eigenvalue weighted by Crippen LogP contribution is 2.14. The van der Waals surface area contributed by atoms with Gasteiger partial charge in [0.15, 0.2) is 5.82 Å². The summed E-state index contributed by atoms with van der Waals surface area (Å²) in [6, 6.07) is 0.0764. The van der Waals surface area contributed by atoms with Gasteiger partial charge in [-0.2, -0.15) is 0 Å². The van der Waals surface area contributed by atoms with Crippen molar-refractivity contribution in [1.82, 2.24) is 9.55 Å². The Morgan fingerprint density at radius 1 is 1.52 bits per heavy atom. The Morgan fingerprint density at radius 3 is 2.62 bits per heavy atom. The molecule has 0 amide bonds. The van der Waals surface area contributed by atoms with Crippen LogP contribution in [0, 0.1) is 0 Å². The highest BCUT2D eigenvalue weighted by atomic mass is 16.4. The average Bonchev–Trinajstić information content (AvgIpc) is 2.38. The van der Waals surface area contributed by atoms with E-state index in [1.165, 1.54) is 0 Å². The molecule has 0 spiro atoms. The number of amidine groups is 1. The van der Waals surface area contributed by atoms with Gasteiger partial charge in [-0.3, -0.25) is 4.79 Å². The van der Waals surface area contributed by atoms with Crippen LogP contribution >= 0.6 is 0 Å². The highest BCUT2D eigenvalue weighted by molar-refractivity contribution is 5.80. The minimum absolute atomic E-state index is 0.0764. The number of oxime groups is 1. The SMILES string of the molecule is CC(C)N(CCC(N)=NO)c1nccn(C(C)(C)C)c1=O. The summed E-state index contributed by atoms with van der Waals surface area (Å²) >= 11 is 0. The second-order valence-corrected chi connectivity index (χ2v) is 6.23. The number of hydrogen-bond donors (Lipinski definition) is 2. The summed E-state index contributed by atoms with van der Waals surface area (Å²) < 4.78 is 1.66. The summed E-state index contributed by atoms with van der Waals surface area (Å²) in [6.45, 7) is 10.3. The first kappa shape index (κ1) is 17.0. The first-order valence-corrected chi connectivity index (χ1v) is 6.99. The normalized spacial score (nSPS) is 12.8. The zero-order valence-electron chi connectivity index (χ0n) is 13.4.